The van der Waals surface area contributed by atoms with Gasteiger partial charge in [-0.1, -0.05) is 17.7 Å². The normalized spacial score (nSPS) is 12.8. The molecule has 5 heteroatoms. The summed E-state index contributed by atoms with van der Waals surface area (Å²) in [7, 11) is 3.47. The summed E-state index contributed by atoms with van der Waals surface area (Å²) >= 11 is 0. The number of rotatable bonds is 9. The van der Waals surface area contributed by atoms with Crippen molar-refractivity contribution in [3.05, 3.63) is 29.8 Å². The highest BCUT2D eigenvalue weighted by atomic mass is 16.5. The SMILES string of the molecule is CN=C(NCCCCOc1ccc(C)cc1)NC(C)COC. The molecule has 0 heterocycles. The van der Waals surface area contributed by atoms with Crippen molar-refractivity contribution in [1.29, 1.82) is 0 Å². The Hall–Kier alpha value is -1.75. The molecule has 0 fully saturated rings. The molecule has 0 saturated carbocycles. The number of unbranched alkanes of at least 4 members (excludes halogenated alkanes) is 1. The van der Waals surface area contributed by atoms with Gasteiger partial charge in [0.25, 0.3) is 0 Å². The van der Waals surface area contributed by atoms with E-state index in [1.807, 2.05) is 12.1 Å². The highest BCUT2D eigenvalue weighted by Gasteiger charge is 2.03. The molecule has 0 radical (unpaired) electrons. The van der Waals surface area contributed by atoms with Crippen LogP contribution in [0.4, 0.5) is 0 Å². The molecule has 0 bridgehead atoms. The maximum atomic E-state index is 5.70. The average Bonchev–Trinajstić information content (AvgIpc) is 2.51. The Kier molecular flexibility index (Phi) is 9.07. The van der Waals surface area contributed by atoms with Gasteiger partial charge in [0.1, 0.15) is 5.75 Å². The highest BCUT2D eigenvalue weighted by molar-refractivity contribution is 5.79. The zero-order valence-electron chi connectivity index (χ0n) is 14.2. The number of nitrogens with zero attached hydrogens (tertiary/aromatic N) is 1. The number of methoxy groups -OCH3 is 1. The summed E-state index contributed by atoms with van der Waals surface area (Å²) in [6.45, 7) is 6.40. The second kappa shape index (κ2) is 10.9. The van der Waals surface area contributed by atoms with Crippen LogP contribution in [0, 0.1) is 6.92 Å². The van der Waals surface area contributed by atoms with E-state index in [1.54, 1.807) is 14.2 Å². The lowest BCUT2D eigenvalue weighted by Crippen LogP contribution is -2.44. The third-order valence-electron chi connectivity index (χ3n) is 3.18. The Bertz CT molecular complexity index is 432. The van der Waals surface area contributed by atoms with Gasteiger partial charge in [-0.3, -0.25) is 4.99 Å². The van der Waals surface area contributed by atoms with Crippen LogP contribution in [0.2, 0.25) is 0 Å². The van der Waals surface area contributed by atoms with Gasteiger partial charge in [0.15, 0.2) is 5.96 Å². The first-order valence-electron chi connectivity index (χ1n) is 7.81. The minimum Gasteiger partial charge on any atom is -0.494 e. The van der Waals surface area contributed by atoms with E-state index in [0.717, 1.165) is 37.7 Å². The molecule has 0 saturated heterocycles. The van der Waals surface area contributed by atoms with Crippen LogP contribution >= 0.6 is 0 Å². The molecule has 1 aromatic rings. The largest absolute Gasteiger partial charge is 0.494 e. The summed E-state index contributed by atoms with van der Waals surface area (Å²) < 4.78 is 10.8. The Morgan fingerprint density at radius 2 is 1.95 bits per heavy atom. The summed E-state index contributed by atoms with van der Waals surface area (Å²) in [5, 5.41) is 6.56. The van der Waals surface area contributed by atoms with Gasteiger partial charge in [-0.15, -0.1) is 0 Å². The van der Waals surface area contributed by atoms with Crippen molar-refractivity contribution in [3.63, 3.8) is 0 Å². The number of benzene rings is 1. The predicted octanol–water partition coefficient (Wildman–Crippen LogP) is 2.35. The fourth-order valence-electron chi connectivity index (χ4n) is 1.98. The second-order valence-electron chi connectivity index (χ2n) is 5.37. The lowest BCUT2D eigenvalue weighted by atomic mass is 10.2. The number of ether oxygens (including phenoxy) is 2. The van der Waals surface area contributed by atoms with Crippen molar-refractivity contribution in [2.24, 2.45) is 4.99 Å². The zero-order valence-corrected chi connectivity index (χ0v) is 14.2. The molecule has 1 rings (SSSR count). The molecule has 5 nitrogen and oxygen atoms in total. The van der Waals surface area contributed by atoms with Crippen LogP contribution in [0.3, 0.4) is 0 Å². The van der Waals surface area contributed by atoms with Crippen LogP contribution in [-0.2, 0) is 4.74 Å². The lowest BCUT2D eigenvalue weighted by Gasteiger charge is -2.17. The fraction of sp³-hybridized carbons (Fsp3) is 0.588. The van der Waals surface area contributed by atoms with E-state index in [4.69, 9.17) is 9.47 Å². The van der Waals surface area contributed by atoms with Gasteiger partial charge in [0.2, 0.25) is 0 Å². The van der Waals surface area contributed by atoms with Crippen molar-refractivity contribution in [2.45, 2.75) is 32.7 Å². The smallest absolute Gasteiger partial charge is 0.191 e. The lowest BCUT2D eigenvalue weighted by molar-refractivity contribution is 0.179. The van der Waals surface area contributed by atoms with Crippen LogP contribution in [0.15, 0.2) is 29.3 Å². The van der Waals surface area contributed by atoms with Crippen molar-refractivity contribution in [1.82, 2.24) is 10.6 Å². The van der Waals surface area contributed by atoms with Gasteiger partial charge < -0.3 is 20.1 Å². The minimum atomic E-state index is 0.237. The third kappa shape index (κ3) is 7.88. The standard InChI is InChI=1S/C17H29N3O2/c1-14-7-9-16(10-8-14)22-12-6-5-11-19-17(18-3)20-15(2)13-21-4/h7-10,15H,5-6,11-13H2,1-4H3,(H2,18,19,20). The van der Waals surface area contributed by atoms with Crippen molar-refractivity contribution in [3.8, 4) is 5.75 Å². The fourth-order valence-corrected chi connectivity index (χ4v) is 1.98. The zero-order chi connectivity index (χ0) is 16.2. The monoisotopic (exact) mass is 307 g/mol. The summed E-state index contributed by atoms with van der Waals surface area (Å²) in [4.78, 5) is 4.19. The Morgan fingerprint density at radius 1 is 1.23 bits per heavy atom. The third-order valence-corrected chi connectivity index (χ3v) is 3.18. The molecular weight excluding hydrogens is 278 g/mol. The maximum Gasteiger partial charge on any atom is 0.191 e. The van der Waals surface area contributed by atoms with Crippen LogP contribution in [0.5, 0.6) is 5.75 Å². The van der Waals surface area contributed by atoms with Crippen molar-refractivity contribution >= 4 is 5.96 Å². The Morgan fingerprint density at radius 3 is 2.59 bits per heavy atom. The Balaban J connectivity index is 2.10. The van der Waals surface area contributed by atoms with E-state index in [0.29, 0.717) is 6.61 Å². The number of guanidine groups is 1. The van der Waals surface area contributed by atoms with Gasteiger partial charge in [0.05, 0.1) is 13.2 Å². The molecule has 0 aliphatic carbocycles. The van der Waals surface area contributed by atoms with E-state index >= 15 is 0 Å². The van der Waals surface area contributed by atoms with Crippen LogP contribution in [0.25, 0.3) is 0 Å². The van der Waals surface area contributed by atoms with Crippen molar-refractivity contribution < 1.29 is 9.47 Å². The highest BCUT2D eigenvalue weighted by Crippen LogP contribution is 2.11. The molecule has 2 N–H and O–H groups in total. The molecule has 0 spiro atoms. The van der Waals surface area contributed by atoms with Crippen LogP contribution in [-0.4, -0.2) is 45.9 Å². The second-order valence-corrected chi connectivity index (χ2v) is 5.37. The molecule has 124 valence electrons. The molecule has 0 aliphatic heterocycles. The number of aliphatic imine (C=N–C) groups is 1. The summed E-state index contributed by atoms with van der Waals surface area (Å²) in [6.07, 6.45) is 2.04. The molecule has 1 unspecified atom stereocenters. The molecule has 0 aliphatic rings. The molecule has 1 atom stereocenters. The van der Waals surface area contributed by atoms with E-state index in [9.17, 15) is 0 Å². The molecule has 0 aromatic heterocycles. The number of nitrogens with one attached hydrogen (secondary N) is 2. The van der Waals surface area contributed by atoms with Crippen LogP contribution in [0.1, 0.15) is 25.3 Å². The first kappa shape index (κ1) is 18.3. The summed E-state index contributed by atoms with van der Waals surface area (Å²) in [5.74, 6) is 1.74. The van der Waals surface area contributed by atoms with Crippen molar-refractivity contribution in [2.75, 3.05) is 33.9 Å². The topological polar surface area (TPSA) is 54.9 Å². The van der Waals surface area contributed by atoms with E-state index < -0.39 is 0 Å². The average molecular weight is 307 g/mol. The quantitative estimate of drug-likeness (QED) is 0.418. The maximum absolute atomic E-state index is 5.70. The molecule has 22 heavy (non-hydrogen) atoms. The van der Waals surface area contributed by atoms with E-state index in [-0.39, 0.29) is 6.04 Å². The van der Waals surface area contributed by atoms with E-state index in [1.165, 1.54) is 5.56 Å². The number of hydrogen-bond acceptors (Lipinski definition) is 3. The summed E-state index contributed by atoms with van der Waals surface area (Å²) in [5.41, 5.74) is 1.25. The van der Waals surface area contributed by atoms with Gasteiger partial charge in [-0.25, -0.2) is 0 Å². The minimum absolute atomic E-state index is 0.237. The first-order chi connectivity index (χ1) is 10.7. The van der Waals surface area contributed by atoms with Crippen LogP contribution < -0.4 is 15.4 Å². The van der Waals surface area contributed by atoms with E-state index in [2.05, 4.69) is 41.6 Å². The van der Waals surface area contributed by atoms with Gasteiger partial charge in [-0.2, -0.15) is 0 Å². The van der Waals surface area contributed by atoms with Gasteiger partial charge in [0, 0.05) is 26.7 Å². The molecular formula is C17H29N3O2. The molecule has 0 amide bonds. The van der Waals surface area contributed by atoms with Gasteiger partial charge in [-0.05, 0) is 38.8 Å². The number of hydrogen-bond donors (Lipinski definition) is 2. The predicted molar refractivity (Wildman–Crippen MR) is 91.7 cm³/mol. The van der Waals surface area contributed by atoms with Gasteiger partial charge >= 0.3 is 0 Å². The summed E-state index contributed by atoms with van der Waals surface area (Å²) in [6, 6.07) is 8.38. The Labute approximate surface area is 134 Å². The first-order valence-corrected chi connectivity index (χ1v) is 7.81. The number of aryl methyl sites for hydroxylation is 1. The molecule has 1 aromatic carbocycles.